The number of carboxylic acids is 1. The predicted molar refractivity (Wildman–Crippen MR) is 81.2 cm³/mol. The summed E-state index contributed by atoms with van der Waals surface area (Å²) in [5.41, 5.74) is 1.73. The normalized spacial score (nSPS) is 26.4. The molecule has 0 atom stereocenters. The van der Waals surface area contributed by atoms with Gasteiger partial charge in [-0.3, -0.25) is 4.79 Å². The third-order valence-corrected chi connectivity index (χ3v) is 5.54. The Kier molecular flexibility index (Phi) is 4.76. The van der Waals surface area contributed by atoms with E-state index in [9.17, 15) is 9.90 Å². The molecule has 2 rings (SSSR count). The number of carboxylic acid groups (broad SMARTS) is 1. The molecule has 1 aliphatic carbocycles. The molecule has 1 aromatic carbocycles. The Bertz CT molecular complexity index is 490. The number of hydrogen-bond donors (Lipinski definition) is 2. The smallest absolute Gasteiger partial charge is 0.306 e. The van der Waals surface area contributed by atoms with Crippen molar-refractivity contribution in [2.75, 3.05) is 5.75 Å². The molecule has 0 bridgehead atoms. The van der Waals surface area contributed by atoms with Gasteiger partial charge in [0, 0.05) is 10.6 Å². The Morgan fingerprint density at radius 1 is 1.35 bits per heavy atom. The monoisotopic (exact) mass is 294 g/mol. The summed E-state index contributed by atoms with van der Waals surface area (Å²) in [5, 5.41) is 19.6. The van der Waals surface area contributed by atoms with Crippen LogP contribution in [0.4, 0.5) is 0 Å². The van der Waals surface area contributed by atoms with Gasteiger partial charge in [-0.05, 0) is 51.2 Å². The van der Waals surface area contributed by atoms with Crippen LogP contribution in [-0.4, -0.2) is 27.5 Å². The molecule has 0 aromatic heterocycles. The third-order valence-electron chi connectivity index (χ3n) is 4.11. The van der Waals surface area contributed by atoms with Crippen molar-refractivity contribution in [2.45, 2.75) is 50.0 Å². The standard InChI is InChI=1S/C16H22O3S/c1-11-3-4-12(2)14(9-11)20-10-16(19)7-5-13(6-8-16)15(17)18/h3-4,9,13,19H,5-8,10H2,1-2H3,(H,17,18). The van der Waals surface area contributed by atoms with Crippen LogP contribution in [0.2, 0.25) is 0 Å². The average molecular weight is 294 g/mol. The first-order chi connectivity index (χ1) is 9.39. The predicted octanol–water partition coefficient (Wildman–Crippen LogP) is 3.40. The number of thioether (sulfide) groups is 1. The molecule has 20 heavy (non-hydrogen) atoms. The van der Waals surface area contributed by atoms with Crippen molar-refractivity contribution in [3.05, 3.63) is 29.3 Å². The van der Waals surface area contributed by atoms with Crippen LogP contribution in [0.25, 0.3) is 0 Å². The van der Waals surface area contributed by atoms with Gasteiger partial charge < -0.3 is 10.2 Å². The van der Waals surface area contributed by atoms with Crippen LogP contribution < -0.4 is 0 Å². The van der Waals surface area contributed by atoms with Crippen LogP contribution in [0.3, 0.4) is 0 Å². The topological polar surface area (TPSA) is 57.5 Å². The van der Waals surface area contributed by atoms with Crippen molar-refractivity contribution in [3.8, 4) is 0 Å². The van der Waals surface area contributed by atoms with Gasteiger partial charge in [0.15, 0.2) is 0 Å². The molecule has 0 saturated heterocycles. The van der Waals surface area contributed by atoms with E-state index >= 15 is 0 Å². The zero-order chi connectivity index (χ0) is 14.8. The maximum atomic E-state index is 10.9. The summed E-state index contributed by atoms with van der Waals surface area (Å²) in [6.07, 6.45) is 2.34. The van der Waals surface area contributed by atoms with Crippen LogP contribution in [0.5, 0.6) is 0 Å². The van der Waals surface area contributed by atoms with E-state index in [2.05, 4.69) is 32.0 Å². The molecule has 1 aliphatic rings. The van der Waals surface area contributed by atoms with E-state index in [1.165, 1.54) is 16.0 Å². The molecule has 0 spiro atoms. The molecule has 0 heterocycles. The quantitative estimate of drug-likeness (QED) is 0.836. The Labute approximate surface area is 124 Å². The molecule has 0 amide bonds. The fourth-order valence-electron chi connectivity index (χ4n) is 2.62. The Morgan fingerprint density at radius 2 is 2.00 bits per heavy atom. The van der Waals surface area contributed by atoms with Crippen molar-refractivity contribution in [3.63, 3.8) is 0 Å². The number of aryl methyl sites for hydroxylation is 2. The van der Waals surface area contributed by atoms with E-state index in [4.69, 9.17) is 5.11 Å². The summed E-state index contributed by atoms with van der Waals surface area (Å²) in [6.45, 7) is 4.14. The number of aliphatic carboxylic acids is 1. The second-order valence-electron chi connectivity index (χ2n) is 5.89. The maximum absolute atomic E-state index is 10.9. The minimum absolute atomic E-state index is 0.277. The lowest BCUT2D eigenvalue weighted by molar-refractivity contribution is -0.144. The van der Waals surface area contributed by atoms with Crippen molar-refractivity contribution in [2.24, 2.45) is 5.92 Å². The van der Waals surface area contributed by atoms with Crippen molar-refractivity contribution >= 4 is 17.7 Å². The minimum atomic E-state index is -0.728. The van der Waals surface area contributed by atoms with Crippen molar-refractivity contribution in [1.29, 1.82) is 0 Å². The number of rotatable bonds is 4. The second-order valence-corrected chi connectivity index (χ2v) is 6.91. The summed E-state index contributed by atoms with van der Waals surface area (Å²) in [7, 11) is 0. The molecule has 0 radical (unpaired) electrons. The molecule has 1 fully saturated rings. The maximum Gasteiger partial charge on any atom is 0.306 e. The first-order valence-corrected chi connectivity index (χ1v) is 8.03. The summed E-state index contributed by atoms with van der Waals surface area (Å²) >= 11 is 1.68. The van der Waals surface area contributed by atoms with E-state index in [0.29, 0.717) is 31.4 Å². The van der Waals surface area contributed by atoms with E-state index < -0.39 is 11.6 Å². The van der Waals surface area contributed by atoms with Gasteiger partial charge in [-0.15, -0.1) is 11.8 Å². The summed E-state index contributed by atoms with van der Waals surface area (Å²) in [5.74, 6) is -0.362. The number of carbonyl (C=O) groups is 1. The van der Waals surface area contributed by atoms with Gasteiger partial charge in [-0.2, -0.15) is 0 Å². The first-order valence-electron chi connectivity index (χ1n) is 7.05. The Hall–Kier alpha value is -1.00. The van der Waals surface area contributed by atoms with Crippen LogP contribution in [-0.2, 0) is 4.79 Å². The van der Waals surface area contributed by atoms with Gasteiger partial charge in [0.1, 0.15) is 0 Å². The average Bonchev–Trinajstić information content (AvgIpc) is 2.40. The second kappa shape index (κ2) is 6.19. The van der Waals surface area contributed by atoms with Crippen LogP contribution in [0.1, 0.15) is 36.8 Å². The van der Waals surface area contributed by atoms with Gasteiger partial charge in [-0.25, -0.2) is 0 Å². The molecule has 1 saturated carbocycles. The van der Waals surface area contributed by atoms with E-state index in [0.717, 1.165) is 0 Å². The zero-order valence-electron chi connectivity index (χ0n) is 12.1. The number of hydrogen-bond acceptors (Lipinski definition) is 3. The zero-order valence-corrected chi connectivity index (χ0v) is 12.9. The SMILES string of the molecule is Cc1ccc(C)c(SCC2(O)CCC(C(=O)O)CC2)c1. The van der Waals surface area contributed by atoms with Crippen LogP contribution in [0.15, 0.2) is 23.1 Å². The van der Waals surface area contributed by atoms with Crippen molar-refractivity contribution < 1.29 is 15.0 Å². The minimum Gasteiger partial charge on any atom is -0.481 e. The number of aliphatic hydroxyl groups is 1. The molecule has 0 unspecified atom stereocenters. The molecule has 1 aromatic rings. The fraction of sp³-hybridized carbons (Fsp3) is 0.562. The lowest BCUT2D eigenvalue weighted by atomic mass is 9.80. The highest BCUT2D eigenvalue weighted by Crippen LogP contribution is 2.37. The highest BCUT2D eigenvalue weighted by molar-refractivity contribution is 7.99. The van der Waals surface area contributed by atoms with E-state index in [1.54, 1.807) is 11.8 Å². The van der Waals surface area contributed by atoms with Crippen molar-refractivity contribution in [1.82, 2.24) is 0 Å². The van der Waals surface area contributed by atoms with E-state index in [1.807, 2.05) is 0 Å². The lowest BCUT2D eigenvalue weighted by Crippen LogP contribution is -2.38. The van der Waals surface area contributed by atoms with Gasteiger partial charge in [0.25, 0.3) is 0 Å². The van der Waals surface area contributed by atoms with Gasteiger partial charge in [-0.1, -0.05) is 17.7 Å². The van der Waals surface area contributed by atoms with Crippen LogP contribution >= 0.6 is 11.8 Å². The molecule has 4 heteroatoms. The van der Waals surface area contributed by atoms with Gasteiger partial charge in [0.2, 0.25) is 0 Å². The number of benzene rings is 1. The highest BCUT2D eigenvalue weighted by Gasteiger charge is 2.35. The molecular weight excluding hydrogens is 272 g/mol. The summed E-state index contributed by atoms with van der Waals surface area (Å²) in [4.78, 5) is 12.1. The molecule has 110 valence electrons. The molecule has 0 aliphatic heterocycles. The fourth-order valence-corrected chi connectivity index (χ4v) is 3.90. The summed E-state index contributed by atoms with van der Waals surface area (Å²) in [6, 6.07) is 6.33. The highest BCUT2D eigenvalue weighted by atomic mass is 32.2. The van der Waals surface area contributed by atoms with E-state index in [-0.39, 0.29) is 5.92 Å². The Balaban J connectivity index is 1.94. The lowest BCUT2D eigenvalue weighted by Gasteiger charge is -2.34. The third kappa shape index (κ3) is 3.76. The van der Waals surface area contributed by atoms with Gasteiger partial charge >= 0.3 is 5.97 Å². The largest absolute Gasteiger partial charge is 0.481 e. The molecular formula is C16H22O3S. The Morgan fingerprint density at radius 3 is 2.60 bits per heavy atom. The van der Waals surface area contributed by atoms with Gasteiger partial charge in [0.05, 0.1) is 11.5 Å². The molecule has 2 N–H and O–H groups in total. The van der Waals surface area contributed by atoms with Crippen LogP contribution in [0, 0.1) is 19.8 Å². The first kappa shape index (κ1) is 15.4. The molecule has 3 nitrogen and oxygen atoms in total. The summed E-state index contributed by atoms with van der Waals surface area (Å²) < 4.78 is 0.